The van der Waals surface area contributed by atoms with Crippen LogP contribution in [0.15, 0.2) is 16.4 Å². The molecule has 0 spiro atoms. The molecule has 0 amide bonds. The normalized spacial score (nSPS) is 28.7. The van der Waals surface area contributed by atoms with Gasteiger partial charge in [-0.3, -0.25) is 0 Å². The summed E-state index contributed by atoms with van der Waals surface area (Å²) in [6.07, 6.45) is -6.78. The molecular formula is C10H10ClF3N2OS. The first-order valence-corrected chi connectivity index (χ1v) is 6.30. The molecule has 1 aromatic heterocycles. The van der Waals surface area contributed by atoms with Gasteiger partial charge in [0.2, 0.25) is 0 Å². The number of nitrogens with two attached hydrogens (primary N) is 1. The van der Waals surface area contributed by atoms with E-state index in [4.69, 9.17) is 17.3 Å². The summed E-state index contributed by atoms with van der Waals surface area (Å²) in [5.41, 5.74) is 4.24. The zero-order valence-electron chi connectivity index (χ0n) is 9.29. The van der Waals surface area contributed by atoms with Crippen LogP contribution in [-0.2, 0) is 10.3 Å². The molecule has 3 nitrogen and oxygen atoms in total. The van der Waals surface area contributed by atoms with Crippen LogP contribution in [0.5, 0.6) is 0 Å². The van der Waals surface area contributed by atoms with Gasteiger partial charge in [-0.25, -0.2) is 4.99 Å². The van der Waals surface area contributed by atoms with Crippen molar-refractivity contribution in [1.82, 2.24) is 0 Å². The molecule has 0 saturated carbocycles. The first kappa shape index (κ1) is 13.5. The average molecular weight is 299 g/mol. The average Bonchev–Trinajstić information content (AvgIpc) is 2.62. The highest BCUT2D eigenvalue weighted by Gasteiger charge is 2.50. The minimum absolute atomic E-state index is 0.336. The van der Waals surface area contributed by atoms with Gasteiger partial charge in [0, 0.05) is 6.42 Å². The fourth-order valence-corrected chi connectivity index (χ4v) is 3.25. The molecule has 2 heterocycles. The summed E-state index contributed by atoms with van der Waals surface area (Å²) < 4.78 is 42.8. The molecule has 1 aromatic rings. The molecule has 2 rings (SSSR count). The van der Waals surface area contributed by atoms with Gasteiger partial charge in [-0.15, -0.1) is 11.3 Å². The van der Waals surface area contributed by atoms with Crippen LogP contribution in [0.25, 0.3) is 0 Å². The maximum atomic E-state index is 12.7. The molecule has 0 bridgehead atoms. The van der Waals surface area contributed by atoms with Crippen LogP contribution in [0.3, 0.4) is 0 Å². The lowest BCUT2D eigenvalue weighted by molar-refractivity contribution is -0.208. The highest BCUT2D eigenvalue weighted by atomic mass is 35.5. The summed E-state index contributed by atoms with van der Waals surface area (Å²) in [6, 6.07) is 1.16. The van der Waals surface area contributed by atoms with E-state index in [0.717, 1.165) is 0 Å². The second kappa shape index (κ2) is 4.31. The quantitative estimate of drug-likeness (QED) is 0.865. The van der Waals surface area contributed by atoms with E-state index in [1.807, 2.05) is 0 Å². The van der Waals surface area contributed by atoms with E-state index in [1.54, 1.807) is 18.4 Å². The monoisotopic (exact) mass is 298 g/mol. The lowest BCUT2D eigenvalue weighted by atomic mass is 9.92. The highest BCUT2D eigenvalue weighted by molar-refractivity contribution is 7.10. The summed E-state index contributed by atoms with van der Waals surface area (Å²) >= 11 is 7.20. The van der Waals surface area contributed by atoms with Crippen molar-refractivity contribution >= 4 is 29.0 Å². The molecule has 100 valence electrons. The molecule has 8 heteroatoms. The summed E-state index contributed by atoms with van der Waals surface area (Å²) in [4.78, 5) is 4.54. The standard InChI is InChI=1S/C10H10ClF3N2OS/c1-9(7-5(11)2-3-18-7)4-6(10(12,13)14)17-8(15)16-9/h2-3,6H,4H2,1H3,(H2,15,16). The van der Waals surface area contributed by atoms with Crippen LogP contribution in [0.1, 0.15) is 18.2 Å². The van der Waals surface area contributed by atoms with E-state index >= 15 is 0 Å². The van der Waals surface area contributed by atoms with Gasteiger partial charge in [-0.05, 0) is 18.4 Å². The van der Waals surface area contributed by atoms with Crippen LogP contribution >= 0.6 is 22.9 Å². The molecule has 1 aliphatic rings. The number of amidine groups is 1. The Bertz CT molecular complexity index is 488. The van der Waals surface area contributed by atoms with Crippen molar-refractivity contribution in [2.75, 3.05) is 0 Å². The number of halogens is 4. The van der Waals surface area contributed by atoms with Gasteiger partial charge >= 0.3 is 6.18 Å². The molecule has 1 aliphatic heterocycles. The molecule has 0 fully saturated rings. The molecule has 0 radical (unpaired) electrons. The van der Waals surface area contributed by atoms with Crippen LogP contribution in [0.4, 0.5) is 13.2 Å². The van der Waals surface area contributed by atoms with Crippen molar-refractivity contribution in [1.29, 1.82) is 0 Å². The van der Waals surface area contributed by atoms with E-state index < -0.39 is 23.8 Å². The van der Waals surface area contributed by atoms with Crippen molar-refractivity contribution in [3.05, 3.63) is 21.3 Å². The Morgan fingerprint density at radius 2 is 2.28 bits per heavy atom. The molecule has 2 N–H and O–H groups in total. The Labute approximate surface area is 110 Å². The topological polar surface area (TPSA) is 47.6 Å². The summed E-state index contributed by atoms with van der Waals surface area (Å²) in [7, 11) is 0. The molecule has 2 atom stereocenters. The number of alkyl halides is 3. The van der Waals surface area contributed by atoms with Gasteiger partial charge in [0.25, 0.3) is 6.02 Å². The van der Waals surface area contributed by atoms with Gasteiger partial charge in [-0.1, -0.05) is 11.6 Å². The minimum Gasteiger partial charge on any atom is -0.452 e. The number of ether oxygens (including phenoxy) is 1. The van der Waals surface area contributed by atoms with Crippen molar-refractivity contribution in [3.8, 4) is 0 Å². The molecule has 0 saturated heterocycles. The predicted molar refractivity (Wildman–Crippen MR) is 63.8 cm³/mol. The third-order valence-electron chi connectivity index (χ3n) is 2.67. The Morgan fingerprint density at radius 1 is 1.61 bits per heavy atom. The number of rotatable bonds is 1. The Hall–Kier alpha value is -0.950. The van der Waals surface area contributed by atoms with Crippen molar-refractivity contribution in [2.45, 2.75) is 31.2 Å². The minimum atomic E-state index is -4.48. The maximum Gasteiger partial charge on any atom is 0.425 e. The van der Waals surface area contributed by atoms with E-state index in [0.29, 0.717) is 9.90 Å². The van der Waals surface area contributed by atoms with Gasteiger partial charge in [0.05, 0.1) is 9.90 Å². The zero-order valence-corrected chi connectivity index (χ0v) is 10.9. The molecule has 18 heavy (non-hydrogen) atoms. The van der Waals surface area contributed by atoms with E-state index in [9.17, 15) is 13.2 Å². The van der Waals surface area contributed by atoms with Crippen molar-refractivity contribution < 1.29 is 17.9 Å². The Kier molecular flexibility index (Phi) is 3.23. The lowest BCUT2D eigenvalue weighted by Gasteiger charge is -2.35. The van der Waals surface area contributed by atoms with Gasteiger partial charge in [0.15, 0.2) is 6.10 Å². The fraction of sp³-hybridized carbons (Fsp3) is 0.500. The highest BCUT2D eigenvalue weighted by Crippen LogP contribution is 2.44. The van der Waals surface area contributed by atoms with Crippen LogP contribution in [0, 0.1) is 0 Å². The van der Waals surface area contributed by atoms with Crippen molar-refractivity contribution in [3.63, 3.8) is 0 Å². The molecule has 0 aromatic carbocycles. The largest absolute Gasteiger partial charge is 0.452 e. The lowest BCUT2D eigenvalue weighted by Crippen LogP contribution is -2.45. The number of nitrogens with zero attached hydrogens (tertiary/aromatic N) is 1. The third kappa shape index (κ3) is 2.42. The molecular weight excluding hydrogens is 289 g/mol. The SMILES string of the molecule is CC1(c2sccc2Cl)CC(C(F)(F)F)OC(N)=N1. The summed E-state index contributed by atoms with van der Waals surface area (Å²) in [6.45, 7) is 1.57. The van der Waals surface area contributed by atoms with Gasteiger partial charge < -0.3 is 10.5 Å². The smallest absolute Gasteiger partial charge is 0.425 e. The van der Waals surface area contributed by atoms with E-state index in [1.165, 1.54) is 11.3 Å². The summed E-state index contributed by atoms with van der Waals surface area (Å²) in [5, 5.41) is 2.09. The second-order valence-electron chi connectivity index (χ2n) is 4.17. The zero-order chi connectivity index (χ0) is 13.6. The predicted octanol–water partition coefficient (Wildman–Crippen LogP) is 3.28. The van der Waals surface area contributed by atoms with Crippen molar-refractivity contribution in [2.24, 2.45) is 10.7 Å². The van der Waals surface area contributed by atoms with E-state index in [2.05, 4.69) is 9.73 Å². The first-order chi connectivity index (χ1) is 8.22. The Morgan fingerprint density at radius 3 is 2.78 bits per heavy atom. The number of hydrogen-bond donors (Lipinski definition) is 1. The summed E-state index contributed by atoms with van der Waals surface area (Å²) in [5.74, 6) is 0. The Balaban J connectivity index is 2.39. The van der Waals surface area contributed by atoms with Gasteiger partial charge in [-0.2, -0.15) is 13.2 Å². The van der Waals surface area contributed by atoms with Gasteiger partial charge in [0.1, 0.15) is 5.54 Å². The van der Waals surface area contributed by atoms with Crippen LogP contribution < -0.4 is 5.73 Å². The molecule has 2 unspecified atom stereocenters. The van der Waals surface area contributed by atoms with Crippen LogP contribution in [0.2, 0.25) is 5.02 Å². The fourth-order valence-electron chi connectivity index (χ4n) is 1.87. The van der Waals surface area contributed by atoms with Crippen LogP contribution in [-0.4, -0.2) is 18.3 Å². The number of thiophene rings is 1. The third-order valence-corrected chi connectivity index (χ3v) is 4.27. The maximum absolute atomic E-state index is 12.7. The number of aliphatic imine (C=N–C) groups is 1. The molecule has 0 aliphatic carbocycles. The number of hydrogen-bond acceptors (Lipinski definition) is 4. The van der Waals surface area contributed by atoms with E-state index in [-0.39, 0.29) is 6.42 Å². The second-order valence-corrected chi connectivity index (χ2v) is 5.50. The first-order valence-electron chi connectivity index (χ1n) is 5.04.